The number of hydrogen-bond acceptors (Lipinski definition) is 4. The van der Waals surface area contributed by atoms with Gasteiger partial charge in [-0.2, -0.15) is 0 Å². The van der Waals surface area contributed by atoms with Crippen LogP contribution in [0.15, 0.2) is 30.3 Å². The first-order valence-corrected chi connectivity index (χ1v) is 7.44. The molecule has 0 bridgehead atoms. The van der Waals surface area contributed by atoms with Crippen LogP contribution in [0.2, 0.25) is 0 Å². The van der Waals surface area contributed by atoms with Crippen LogP contribution < -0.4 is 5.32 Å². The predicted molar refractivity (Wildman–Crippen MR) is 83.3 cm³/mol. The summed E-state index contributed by atoms with van der Waals surface area (Å²) in [6, 6.07) is 8.32. The monoisotopic (exact) mass is 305 g/mol. The molecule has 0 aromatic heterocycles. The minimum absolute atomic E-state index is 0.0291. The SMILES string of the molecule is CCOC(=O)[C@H](C)NC(=O)C(=O)C(c1ccccc1)C(C)C. The summed E-state index contributed by atoms with van der Waals surface area (Å²) in [7, 11) is 0. The van der Waals surface area contributed by atoms with Crippen LogP contribution in [0.1, 0.15) is 39.2 Å². The lowest BCUT2D eigenvalue weighted by Gasteiger charge is -2.20. The van der Waals surface area contributed by atoms with E-state index in [0.29, 0.717) is 0 Å². The van der Waals surface area contributed by atoms with Crippen molar-refractivity contribution in [2.45, 2.75) is 39.7 Å². The molecule has 0 spiro atoms. The Morgan fingerprint density at radius 3 is 2.18 bits per heavy atom. The Morgan fingerprint density at radius 2 is 1.68 bits per heavy atom. The number of carbonyl (C=O) groups excluding carboxylic acids is 3. The molecule has 1 rings (SSSR count). The Labute approximate surface area is 131 Å². The van der Waals surface area contributed by atoms with Gasteiger partial charge in [0.2, 0.25) is 5.78 Å². The summed E-state index contributed by atoms with van der Waals surface area (Å²) in [5.74, 6) is -2.42. The second-order valence-electron chi connectivity index (χ2n) is 5.44. The van der Waals surface area contributed by atoms with Crippen molar-refractivity contribution >= 4 is 17.7 Å². The minimum Gasteiger partial charge on any atom is -0.464 e. The Bertz CT molecular complexity index is 525. The zero-order valence-corrected chi connectivity index (χ0v) is 13.5. The average Bonchev–Trinajstić information content (AvgIpc) is 2.48. The van der Waals surface area contributed by atoms with E-state index in [4.69, 9.17) is 4.74 Å². The van der Waals surface area contributed by atoms with E-state index in [9.17, 15) is 14.4 Å². The summed E-state index contributed by atoms with van der Waals surface area (Å²) in [4.78, 5) is 36.1. The molecular formula is C17H23NO4. The van der Waals surface area contributed by atoms with Gasteiger partial charge in [0.15, 0.2) is 0 Å². The highest BCUT2D eigenvalue weighted by Crippen LogP contribution is 2.25. The molecule has 0 saturated heterocycles. The highest BCUT2D eigenvalue weighted by atomic mass is 16.5. The van der Waals surface area contributed by atoms with Gasteiger partial charge in [0, 0.05) is 0 Å². The number of rotatable bonds is 7. The molecule has 0 aliphatic carbocycles. The van der Waals surface area contributed by atoms with Gasteiger partial charge in [0.05, 0.1) is 12.5 Å². The van der Waals surface area contributed by atoms with Crippen LogP contribution in [-0.2, 0) is 19.1 Å². The number of hydrogen-bond donors (Lipinski definition) is 1. The summed E-state index contributed by atoms with van der Waals surface area (Å²) in [6.07, 6.45) is 0. The normalized spacial score (nSPS) is 13.3. The number of esters is 1. The molecule has 1 amide bonds. The Balaban J connectivity index is 2.83. The molecular weight excluding hydrogens is 282 g/mol. The molecule has 0 aliphatic heterocycles. The maximum absolute atomic E-state index is 12.4. The summed E-state index contributed by atoms with van der Waals surface area (Å²) >= 11 is 0. The van der Waals surface area contributed by atoms with Crippen molar-refractivity contribution in [1.82, 2.24) is 5.32 Å². The highest BCUT2D eigenvalue weighted by Gasteiger charge is 2.31. The average molecular weight is 305 g/mol. The standard InChI is InChI=1S/C17H23NO4/c1-5-22-17(21)12(4)18-16(20)15(19)14(11(2)3)13-9-7-6-8-10-13/h6-12,14H,5H2,1-4H3,(H,18,20)/t12-,14?/m0/s1. The van der Waals surface area contributed by atoms with Crippen molar-refractivity contribution in [3.05, 3.63) is 35.9 Å². The molecule has 1 unspecified atom stereocenters. The van der Waals surface area contributed by atoms with E-state index >= 15 is 0 Å². The topological polar surface area (TPSA) is 72.5 Å². The number of carbonyl (C=O) groups is 3. The van der Waals surface area contributed by atoms with Gasteiger partial charge in [-0.15, -0.1) is 0 Å². The second kappa shape index (κ2) is 8.32. The number of nitrogens with one attached hydrogen (secondary N) is 1. The van der Waals surface area contributed by atoms with Gasteiger partial charge < -0.3 is 10.1 Å². The summed E-state index contributed by atoms with van der Waals surface area (Å²) in [5, 5.41) is 2.41. The molecule has 120 valence electrons. The fraction of sp³-hybridized carbons (Fsp3) is 0.471. The van der Waals surface area contributed by atoms with Crippen LogP contribution in [0.5, 0.6) is 0 Å². The lowest BCUT2D eigenvalue weighted by Crippen LogP contribution is -2.44. The van der Waals surface area contributed by atoms with E-state index < -0.39 is 29.6 Å². The molecule has 1 aromatic rings. The number of amides is 1. The summed E-state index contributed by atoms with van der Waals surface area (Å²) in [5.41, 5.74) is 0.793. The van der Waals surface area contributed by atoms with Crippen molar-refractivity contribution in [3.8, 4) is 0 Å². The first-order valence-electron chi connectivity index (χ1n) is 7.44. The number of Topliss-reactive ketones (excluding diaryl/α,β-unsaturated/α-hetero) is 1. The fourth-order valence-corrected chi connectivity index (χ4v) is 2.23. The Morgan fingerprint density at radius 1 is 1.09 bits per heavy atom. The van der Waals surface area contributed by atoms with Gasteiger partial charge >= 0.3 is 5.97 Å². The van der Waals surface area contributed by atoms with Crippen LogP contribution >= 0.6 is 0 Å². The van der Waals surface area contributed by atoms with Crippen LogP contribution in [0, 0.1) is 5.92 Å². The zero-order chi connectivity index (χ0) is 16.7. The van der Waals surface area contributed by atoms with E-state index in [1.807, 2.05) is 44.2 Å². The highest BCUT2D eigenvalue weighted by molar-refractivity contribution is 6.38. The van der Waals surface area contributed by atoms with Gasteiger partial charge in [-0.05, 0) is 25.3 Å². The molecule has 0 aliphatic rings. The molecule has 1 aromatic carbocycles. The van der Waals surface area contributed by atoms with E-state index in [0.717, 1.165) is 5.56 Å². The first kappa shape index (κ1) is 17.9. The molecule has 22 heavy (non-hydrogen) atoms. The van der Waals surface area contributed by atoms with Crippen LogP contribution in [0.25, 0.3) is 0 Å². The third-order valence-corrected chi connectivity index (χ3v) is 3.32. The fourth-order valence-electron chi connectivity index (χ4n) is 2.23. The lowest BCUT2D eigenvalue weighted by atomic mass is 9.84. The number of ketones is 1. The van der Waals surface area contributed by atoms with E-state index in [2.05, 4.69) is 5.32 Å². The summed E-state index contributed by atoms with van der Waals surface area (Å²) < 4.78 is 4.81. The molecule has 2 atom stereocenters. The number of benzene rings is 1. The number of ether oxygens (including phenoxy) is 1. The van der Waals surface area contributed by atoms with Crippen molar-refractivity contribution < 1.29 is 19.1 Å². The molecule has 5 heteroatoms. The van der Waals surface area contributed by atoms with Crippen LogP contribution in [0.4, 0.5) is 0 Å². The lowest BCUT2D eigenvalue weighted by molar-refractivity contribution is -0.148. The van der Waals surface area contributed by atoms with Gasteiger partial charge in [0.1, 0.15) is 6.04 Å². The molecule has 0 fully saturated rings. The Kier molecular flexibility index (Phi) is 6.76. The minimum atomic E-state index is -0.847. The third kappa shape index (κ3) is 4.69. The molecule has 0 radical (unpaired) electrons. The van der Waals surface area contributed by atoms with E-state index in [1.165, 1.54) is 6.92 Å². The first-order chi connectivity index (χ1) is 10.4. The smallest absolute Gasteiger partial charge is 0.328 e. The summed E-state index contributed by atoms with van der Waals surface area (Å²) in [6.45, 7) is 7.18. The van der Waals surface area contributed by atoms with E-state index in [-0.39, 0.29) is 12.5 Å². The van der Waals surface area contributed by atoms with Gasteiger partial charge in [-0.25, -0.2) is 4.79 Å². The molecule has 0 heterocycles. The largest absolute Gasteiger partial charge is 0.464 e. The quantitative estimate of drug-likeness (QED) is 0.618. The molecule has 1 N–H and O–H groups in total. The van der Waals surface area contributed by atoms with E-state index in [1.54, 1.807) is 6.92 Å². The van der Waals surface area contributed by atoms with Crippen molar-refractivity contribution in [1.29, 1.82) is 0 Å². The van der Waals surface area contributed by atoms with Crippen LogP contribution in [0.3, 0.4) is 0 Å². The molecule has 0 saturated carbocycles. The van der Waals surface area contributed by atoms with Crippen molar-refractivity contribution in [2.75, 3.05) is 6.61 Å². The molecule has 5 nitrogen and oxygen atoms in total. The van der Waals surface area contributed by atoms with Crippen LogP contribution in [-0.4, -0.2) is 30.3 Å². The van der Waals surface area contributed by atoms with Gasteiger partial charge in [-0.3, -0.25) is 9.59 Å². The zero-order valence-electron chi connectivity index (χ0n) is 13.5. The Hall–Kier alpha value is -2.17. The predicted octanol–water partition coefficient (Wildman–Crippen LogP) is 2.06. The third-order valence-electron chi connectivity index (χ3n) is 3.32. The van der Waals surface area contributed by atoms with Gasteiger partial charge in [-0.1, -0.05) is 44.2 Å². The maximum Gasteiger partial charge on any atom is 0.328 e. The second-order valence-corrected chi connectivity index (χ2v) is 5.44. The van der Waals surface area contributed by atoms with Crippen molar-refractivity contribution in [2.24, 2.45) is 5.92 Å². The van der Waals surface area contributed by atoms with Crippen molar-refractivity contribution in [3.63, 3.8) is 0 Å². The van der Waals surface area contributed by atoms with Gasteiger partial charge in [0.25, 0.3) is 5.91 Å². The maximum atomic E-state index is 12.4.